The second kappa shape index (κ2) is 5.47. The summed E-state index contributed by atoms with van der Waals surface area (Å²) in [5, 5.41) is 0. The summed E-state index contributed by atoms with van der Waals surface area (Å²) < 4.78 is 0. The van der Waals surface area contributed by atoms with Crippen LogP contribution in [0, 0.1) is 0 Å². The predicted molar refractivity (Wildman–Crippen MR) is 72.9 cm³/mol. The van der Waals surface area contributed by atoms with Crippen LogP contribution >= 0.6 is 0 Å². The van der Waals surface area contributed by atoms with E-state index >= 15 is 0 Å². The van der Waals surface area contributed by atoms with Crippen LogP contribution < -0.4 is 10.9 Å². The lowest BCUT2D eigenvalue weighted by atomic mass is 9.92. The first-order valence-corrected chi connectivity index (χ1v) is 5.86. The minimum atomic E-state index is -0.404. The Labute approximate surface area is 107 Å². The number of carbonyl (C=O) groups excluding carboxylic acids is 1. The molecule has 1 amide bonds. The molecule has 3 nitrogen and oxygen atoms in total. The van der Waals surface area contributed by atoms with Gasteiger partial charge in [0.1, 0.15) is 0 Å². The van der Waals surface area contributed by atoms with Crippen LogP contribution in [0.3, 0.4) is 0 Å². The summed E-state index contributed by atoms with van der Waals surface area (Å²) in [6.45, 7) is 3.81. The molecule has 0 heterocycles. The van der Waals surface area contributed by atoms with Crippen molar-refractivity contribution in [3.8, 4) is 0 Å². The smallest absolute Gasteiger partial charge is 0.265 e. The van der Waals surface area contributed by atoms with E-state index in [1.165, 1.54) is 0 Å². The second-order valence-corrected chi connectivity index (χ2v) is 4.18. The number of benzene rings is 1. The van der Waals surface area contributed by atoms with E-state index in [1.54, 1.807) is 18.2 Å². The lowest BCUT2D eigenvalue weighted by Crippen LogP contribution is -2.52. The van der Waals surface area contributed by atoms with Crippen molar-refractivity contribution >= 4 is 5.91 Å². The molecule has 0 aliphatic heterocycles. The van der Waals surface area contributed by atoms with Gasteiger partial charge in [0.2, 0.25) is 0 Å². The standard InChI is InChI=1S/C15H16N2O/c1-2-15(11-7-4-8-12-15)17-16-14(18)13-9-5-3-6-10-13/h2-11,17H,1,12H2,(H,16,18). The van der Waals surface area contributed by atoms with Gasteiger partial charge < -0.3 is 0 Å². The summed E-state index contributed by atoms with van der Waals surface area (Å²) in [4.78, 5) is 11.9. The van der Waals surface area contributed by atoms with Crippen LogP contribution in [0.1, 0.15) is 16.8 Å². The molecule has 2 rings (SSSR count). The van der Waals surface area contributed by atoms with Gasteiger partial charge in [0.05, 0.1) is 5.54 Å². The fourth-order valence-electron chi connectivity index (χ4n) is 1.77. The highest BCUT2D eigenvalue weighted by Crippen LogP contribution is 2.17. The first-order chi connectivity index (χ1) is 8.76. The second-order valence-electron chi connectivity index (χ2n) is 4.18. The van der Waals surface area contributed by atoms with Crippen LogP contribution in [-0.2, 0) is 0 Å². The number of hydrazine groups is 1. The molecule has 0 fully saturated rings. The zero-order valence-corrected chi connectivity index (χ0v) is 10.1. The van der Waals surface area contributed by atoms with Gasteiger partial charge in [0.25, 0.3) is 5.91 Å². The Morgan fingerprint density at radius 3 is 2.67 bits per heavy atom. The van der Waals surface area contributed by atoms with Crippen LogP contribution in [0.15, 0.2) is 67.3 Å². The first-order valence-electron chi connectivity index (χ1n) is 5.86. The van der Waals surface area contributed by atoms with Gasteiger partial charge in [-0.1, -0.05) is 48.6 Å². The van der Waals surface area contributed by atoms with E-state index in [2.05, 4.69) is 17.4 Å². The molecule has 0 radical (unpaired) electrons. The van der Waals surface area contributed by atoms with E-state index in [0.717, 1.165) is 6.42 Å². The molecule has 1 unspecified atom stereocenters. The molecule has 92 valence electrons. The van der Waals surface area contributed by atoms with E-state index in [0.29, 0.717) is 5.56 Å². The molecular weight excluding hydrogens is 224 g/mol. The fraction of sp³-hybridized carbons (Fsp3) is 0.133. The van der Waals surface area contributed by atoms with Gasteiger partial charge in [-0.05, 0) is 18.6 Å². The molecule has 0 saturated carbocycles. The van der Waals surface area contributed by atoms with E-state index < -0.39 is 5.54 Å². The lowest BCUT2D eigenvalue weighted by molar-refractivity contribution is 0.0921. The average molecular weight is 240 g/mol. The molecule has 2 N–H and O–H groups in total. The largest absolute Gasteiger partial charge is 0.286 e. The molecule has 0 saturated heterocycles. The molecule has 1 atom stereocenters. The monoisotopic (exact) mass is 240 g/mol. The zero-order valence-electron chi connectivity index (χ0n) is 10.1. The van der Waals surface area contributed by atoms with Crippen molar-refractivity contribution in [2.45, 2.75) is 12.0 Å². The van der Waals surface area contributed by atoms with Crippen LogP contribution in [0.2, 0.25) is 0 Å². The van der Waals surface area contributed by atoms with Crippen LogP contribution in [0.4, 0.5) is 0 Å². The van der Waals surface area contributed by atoms with E-state index in [9.17, 15) is 4.79 Å². The van der Waals surface area contributed by atoms with Crippen molar-refractivity contribution < 1.29 is 4.79 Å². The third-order valence-electron chi connectivity index (χ3n) is 2.91. The quantitative estimate of drug-likeness (QED) is 0.626. The maximum absolute atomic E-state index is 11.9. The van der Waals surface area contributed by atoms with Gasteiger partial charge in [0.15, 0.2) is 0 Å². The highest BCUT2D eigenvalue weighted by Gasteiger charge is 2.23. The van der Waals surface area contributed by atoms with Gasteiger partial charge >= 0.3 is 0 Å². The number of carbonyl (C=O) groups is 1. The Morgan fingerprint density at radius 2 is 2.06 bits per heavy atom. The Balaban J connectivity index is 1.99. The fourth-order valence-corrected chi connectivity index (χ4v) is 1.77. The highest BCUT2D eigenvalue weighted by atomic mass is 16.2. The van der Waals surface area contributed by atoms with Crippen molar-refractivity contribution in [2.75, 3.05) is 0 Å². The van der Waals surface area contributed by atoms with E-state index in [-0.39, 0.29) is 5.91 Å². The van der Waals surface area contributed by atoms with E-state index in [1.807, 2.05) is 42.5 Å². The Hall–Kier alpha value is -2.13. The third kappa shape index (κ3) is 2.76. The van der Waals surface area contributed by atoms with Crippen molar-refractivity contribution in [2.24, 2.45) is 0 Å². The lowest BCUT2D eigenvalue weighted by Gasteiger charge is -2.29. The molecule has 18 heavy (non-hydrogen) atoms. The van der Waals surface area contributed by atoms with Gasteiger partial charge in [0, 0.05) is 5.56 Å². The Morgan fingerprint density at radius 1 is 1.28 bits per heavy atom. The molecule has 1 aliphatic rings. The number of nitrogens with one attached hydrogen (secondary N) is 2. The van der Waals surface area contributed by atoms with Crippen LogP contribution in [0.5, 0.6) is 0 Å². The van der Waals surface area contributed by atoms with Crippen molar-refractivity contribution in [3.63, 3.8) is 0 Å². The third-order valence-corrected chi connectivity index (χ3v) is 2.91. The number of allylic oxidation sites excluding steroid dienone is 2. The summed E-state index contributed by atoms with van der Waals surface area (Å²) >= 11 is 0. The van der Waals surface area contributed by atoms with Crippen molar-refractivity contribution in [1.29, 1.82) is 0 Å². The van der Waals surface area contributed by atoms with E-state index in [4.69, 9.17) is 0 Å². The van der Waals surface area contributed by atoms with Gasteiger partial charge in [-0.15, -0.1) is 6.58 Å². The summed E-state index contributed by atoms with van der Waals surface area (Å²) in [7, 11) is 0. The van der Waals surface area contributed by atoms with Crippen molar-refractivity contribution in [3.05, 3.63) is 72.9 Å². The number of hydrogen-bond donors (Lipinski definition) is 2. The summed E-state index contributed by atoms with van der Waals surface area (Å²) in [6, 6.07) is 9.09. The minimum absolute atomic E-state index is 0.153. The number of amides is 1. The maximum Gasteiger partial charge on any atom is 0.265 e. The molecule has 1 aliphatic carbocycles. The molecule has 0 bridgehead atoms. The Bertz CT molecular complexity index is 490. The molecule has 3 heteroatoms. The SMILES string of the molecule is C=CC1(NNC(=O)c2ccccc2)C=CC=CC1. The molecular formula is C15H16N2O. The molecule has 1 aromatic carbocycles. The van der Waals surface area contributed by atoms with Crippen LogP contribution in [-0.4, -0.2) is 11.4 Å². The molecule has 0 aromatic heterocycles. The van der Waals surface area contributed by atoms with Crippen molar-refractivity contribution in [1.82, 2.24) is 10.9 Å². The normalized spacial score (nSPS) is 21.6. The van der Waals surface area contributed by atoms with Gasteiger partial charge in [-0.3, -0.25) is 10.2 Å². The predicted octanol–water partition coefficient (Wildman–Crippen LogP) is 2.36. The minimum Gasteiger partial charge on any atom is -0.286 e. The molecule has 1 aromatic rings. The topological polar surface area (TPSA) is 41.1 Å². The number of rotatable bonds is 4. The van der Waals surface area contributed by atoms with Gasteiger partial charge in [-0.2, -0.15) is 0 Å². The molecule has 0 spiro atoms. The first kappa shape index (κ1) is 12.3. The summed E-state index contributed by atoms with van der Waals surface area (Å²) in [6.07, 6.45) is 10.5. The number of hydrogen-bond acceptors (Lipinski definition) is 2. The summed E-state index contributed by atoms with van der Waals surface area (Å²) in [5.74, 6) is -0.153. The highest BCUT2D eigenvalue weighted by molar-refractivity contribution is 5.93. The van der Waals surface area contributed by atoms with Gasteiger partial charge in [-0.25, -0.2) is 5.43 Å². The zero-order chi connectivity index (χ0) is 12.8. The Kier molecular flexibility index (Phi) is 3.75. The maximum atomic E-state index is 11.9. The summed E-state index contributed by atoms with van der Waals surface area (Å²) in [5.41, 5.74) is 5.96. The van der Waals surface area contributed by atoms with Crippen LogP contribution in [0.25, 0.3) is 0 Å². The average Bonchev–Trinajstić information content (AvgIpc) is 2.47.